The van der Waals surface area contributed by atoms with Crippen LogP contribution in [-0.2, 0) is 15.6 Å². The molecule has 0 amide bonds. The van der Waals surface area contributed by atoms with Gasteiger partial charge in [0.1, 0.15) is 0 Å². The molecule has 0 N–H and O–H groups in total. The van der Waals surface area contributed by atoms with Gasteiger partial charge in [0.15, 0.2) is 0 Å². The Morgan fingerprint density at radius 2 is 1.76 bits per heavy atom. The van der Waals surface area contributed by atoms with Gasteiger partial charge in [-0.05, 0) is 51.7 Å². The van der Waals surface area contributed by atoms with Crippen molar-refractivity contribution in [2.45, 2.75) is 76.8 Å². The molecule has 0 unspecified atom stereocenters. The van der Waals surface area contributed by atoms with Crippen molar-refractivity contribution in [1.82, 2.24) is 9.55 Å². The van der Waals surface area contributed by atoms with Gasteiger partial charge in [-0.15, -0.1) is 0 Å². The Morgan fingerprint density at radius 1 is 1.08 bits per heavy atom. The summed E-state index contributed by atoms with van der Waals surface area (Å²) in [6.07, 6.45) is 5.66. The van der Waals surface area contributed by atoms with E-state index < -0.39 is 9.84 Å². The smallest absolute Gasteiger partial charge is 0.228 e. The number of imidazole rings is 1. The Balaban J connectivity index is 2.02. The van der Waals surface area contributed by atoms with E-state index in [4.69, 9.17) is 0 Å². The fourth-order valence-corrected chi connectivity index (χ4v) is 5.52. The highest BCUT2D eigenvalue weighted by Crippen LogP contribution is 2.33. The van der Waals surface area contributed by atoms with Crippen LogP contribution in [0.4, 0.5) is 0 Å². The van der Waals surface area contributed by atoms with Gasteiger partial charge >= 0.3 is 0 Å². The number of aromatic nitrogens is 2. The Labute approximate surface area is 151 Å². The summed E-state index contributed by atoms with van der Waals surface area (Å²) in [5, 5.41) is 0.260. The average Bonchev–Trinajstić information content (AvgIpc) is 2.88. The molecule has 1 aliphatic carbocycles. The van der Waals surface area contributed by atoms with Crippen molar-refractivity contribution in [3.05, 3.63) is 46.3 Å². The second kappa shape index (κ2) is 6.94. The van der Waals surface area contributed by atoms with E-state index in [9.17, 15) is 8.42 Å². The zero-order valence-corrected chi connectivity index (χ0v) is 16.5. The highest BCUT2D eigenvalue weighted by atomic mass is 32.2. The first-order valence-electron chi connectivity index (χ1n) is 9.14. The number of hydrogen-bond donors (Lipinski definition) is 0. The summed E-state index contributed by atoms with van der Waals surface area (Å²) >= 11 is 0. The van der Waals surface area contributed by atoms with E-state index in [0.717, 1.165) is 53.8 Å². The van der Waals surface area contributed by atoms with Gasteiger partial charge in [0.05, 0.1) is 11.4 Å². The monoisotopic (exact) mass is 360 g/mol. The molecule has 1 aliphatic rings. The summed E-state index contributed by atoms with van der Waals surface area (Å²) in [5.41, 5.74) is 4.78. The lowest BCUT2D eigenvalue weighted by molar-refractivity contribution is 0.329. The SMILES string of the molecule is Cc1ccc(C)c(CS(=O)(=O)c2nc(C)c(C)n2C2CCCCC2)c1. The van der Waals surface area contributed by atoms with Crippen LogP contribution in [0.2, 0.25) is 0 Å². The van der Waals surface area contributed by atoms with Crippen molar-refractivity contribution in [2.24, 2.45) is 0 Å². The van der Waals surface area contributed by atoms with Crippen molar-refractivity contribution in [1.29, 1.82) is 0 Å². The molecule has 1 aromatic carbocycles. The summed E-state index contributed by atoms with van der Waals surface area (Å²) in [5.74, 6) is 0.0170. The number of benzene rings is 1. The predicted molar refractivity (Wildman–Crippen MR) is 101 cm³/mol. The molecule has 0 saturated heterocycles. The summed E-state index contributed by atoms with van der Waals surface area (Å²) in [6.45, 7) is 7.86. The standard InChI is InChI=1S/C20H28N2O2S/c1-14-10-11-15(2)18(12-14)13-25(23,24)20-21-16(3)17(4)22(20)19-8-6-5-7-9-19/h10-12,19H,5-9,13H2,1-4H3. The topological polar surface area (TPSA) is 52.0 Å². The summed E-state index contributed by atoms with van der Waals surface area (Å²) in [6, 6.07) is 6.24. The van der Waals surface area contributed by atoms with Gasteiger partial charge in [0.2, 0.25) is 15.0 Å². The fraction of sp³-hybridized carbons (Fsp3) is 0.550. The van der Waals surface area contributed by atoms with E-state index in [0.29, 0.717) is 0 Å². The molecular formula is C20H28N2O2S. The van der Waals surface area contributed by atoms with Gasteiger partial charge in [-0.1, -0.05) is 43.0 Å². The molecule has 0 bridgehead atoms. The van der Waals surface area contributed by atoms with Crippen LogP contribution in [0.15, 0.2) is 23.4 Å². The summed E-state index contributed by atoms with van der Waals surface area (Å²) in [4.78, 5) is 4.48. The van der Waals surface area contributed by atoms with Crippen LogP contribution in [0.3, 0.4) is 0 Å². The van der Waals surface area contributed by atoms with Crippen LogP contribution in [0.25, 0.3) is 0 Å². The molecule has 1 aromatic heterocycles. The zero-order valence-electron chi connectivity index (χ0n) is 15.7. The van der Waals surface area contributed by atoms with Crippen LogP contribution >= 0.6 is 0 Å². The molecule has 2 aromatic rings. The maximum absolute atomic E-state index is 13.2. The van der Waals surface area contributed by atoms with Crippen molar-refractivity contribution >= 4 is 9.84 Å². The second-order valence-corrected chi connectivity index (χ2v) is 9.30. The minimum absolute atomic E-state index is 0.0170. The van der Waals surface area contributed by atoms with E-state index in [2.05, 4.69) is 4.98 Å². The Morgan fingerprint density at radius 3 is 2.44 bits per heavy atom. The van der Waals surface area contributed by atoms with E-state index >= 15 is 0 Å². The van der Waals surface area contributed by atoms with Crippen LogP contribution in [-0.4, -0.2) is 18.0 Å². The van der Waals surface area contributed by atoms with Crippen molar-refractivity contribution in [3.63, 3.8) is 0 Å². The van der Waals surface area contributed by atoms with Crippen LogP contribution in [0, 0.1) is 27.7 Å². The van der Waals surface area contributed by atoms with E-state index in [-0.39, 0.29) is 17.0 Å². The zero-order chi connectivity index (χ0) is 18.2. The minimum atomic E-state index is -3.48. The van der Waals surface area contributed by atoms with Crippen LogP contribution < -0.4 is 0 Å². The third-order valence-corrected chi connectivity index (χ3v) is 6.96. The van der Waals surface area contributed by atoms with Gasteiger partial charge in [-0.3, -0.25) is 0 Å². The molecule has 1 fully saturated rings. The number of aryl methyl sites for hydroxylation is 3. The lowest BCUT2D eigenvalue weighted by Crippen LogP contribution is -2.20. The number of sulfone groups is 1. The lowest BCUT2D eigenvalue weighted by atomic mass is 9.95. The number of rotatable bonds is 4. The van der Waals surface area contributed by atoms with Crippen LogP contribution in [0.5, 0.6) is 0 Å². The summed E-state index contributed by atoms with van der Waals surface area (Å²) in [7, 11) is -3.48. The third kappa shape index (κ3) is 3.66. The molecule has 1 heterocycles. The highest BCUT2D eigenvalue weighted by molar-refractivity contribution is 7.90. The number of hydrogen-bond acceptors (Lipinski definition) is 3. The lowest BCUT2D eigenvalue weighted by Gasteiger charge is -2.26. The van der Waals surface area contributed by atoms with E-state index in [1.54, 1.807) is 0 Å². The Hall–Kier alpha value is -1.62. The highest BCUT2D eigenvalue weighted by Gasteiger charge is 2.29. The fourth-order valence-electron chi connectivity index (χ4n) is 3.81. The van der Waals surface area contributed by atoms with Crippen molar-refractivity contribution in [2.75, 3.05) is 0 Å². The van der Waals surface area contributed by atoms with Gasteiger partial charge in [-0.2, -0.15) is 0 Å². The van der Waals surface area contributed by atoms with Gasteiger partial charge in [0.25, 0.3) is 0 Å². The average molecular weight is 361 g/mol. The van der Waals surface area contributed by atoms with Gasteiger partial charge in [-0.25, -0.2) is 13.4 Å². The van der Waals surface area contributed by atoms with Gasteiger partial charge < -0.3 is 4.57 Å². The molecule has 5 heteroatoms. The number of nitrogens with zero attached hydrogens (tertiary/aromatic N) is 2. The molecule has 25 heavy (non-hydrogen) atoms. The maximum Gasteiger partial charge on any atom is 0.228 e. The molecule has 136 valence electrons. The molecule has 0 radical (unpaired) electrons. The quantitative estimate of drug-likeness (QED) is 0.801. The molecule has 1 saturated carbocycles. The Bertz CT molecular complexity index is 875. The van der Waals surface area contributed by atoms with E-state index in [1.165, 1.54) is 6.42 Å². The first-order chi connectivity index (χ1) is 11.8. The minimum Gasteiger partial charge on any atom is -0.316 e. The molecule has 0 atom stereocenters. The molecule has 3 rings (SSSR count). The predicted octanol–water partition coefficient (Wildman–Crippen LogP) is 4.60. The maximum atomic E-state index is 13.2. The van der Waals surface area contributed by atoms with Crippen molar-refractivity contribution in [3.8, 4) is 0 Å². The molecule has 0 aliphatic heterocycles. The first-order valence-corrected chi connectivity index (χ1v) is 10.8. The van der Waals surface area contributed by atoms with Crippen molar-refractivity contribution < 1.29 is 8.42 Å². The third-order valence-electron chi connectivity index (χ3n) is 5.42. The first kappa shape index (κ1) is 18.2. The normalized spacial score (nSPS) is 16.3. The summed E-state index contributed by atoms with van der Waals surface area (Å²) < 4.78 is 28.4. The van der Waals surface area contributed by atoms with E-state index in [1.807, 2.05) is 50.5 Å². The molecular weight excluding hydrogens is 332 g/mol. The largest absolute Gasteiger partial charge is 0.316 e. The molecule has 4 nitrogen and oxygen atoms in total. The molecule has 0 spiro atoms. The Kier molecular flexibility index (Phi) is 5.05. The van der Waals surface area contributed by atoms with Gasteiger partial charge in [0, 0.05) is 11.7 Å². The van der Waals surface area contributed by atoms with Crippen LogP contribution in [0.1, 0.15) is 66.2 Å². The second-order valence-electron chi connectivity index (χ2n) is 7.42.